The van der Waals surface area contributed by atoms with Crippen LogP contribution in [0.4, 0.5) is 0 Å². The van der Waals surface area contributed by atoms with E-state index in [2.05, 4.69) is 29.2 Å². The van der Waals surface area contributed by atoms with Crippen molar-refractivity contribution in [1.29, 1.82) is 0 Å². The number of ketones is 2. The first kappa shape index (κ1) is 21.1. The van der Waals surface area contributed by atoms with Crippen molar-refractivity contribution < 1.29 is 14.0 Å². The van der Waals surface area contributed by atoms with E-state index in [0.717, 1.165) is 39.2 Å². The van der Waals surface area contributed by atoms with Crippen molar-refractivity contribution in [2.75, 3.05) is 0 Å². The van der Waals surface area contributed by atoms with Crippen molar-refractivity contribution in [3.8, 4) is 22.5 Å². The summed E-state index contributed by atoms with van der Waals surface area (Å²) >= 11 is 0. The van der Waals surface area contributed by atoms with Crippen molar-refractivity contribution in [1.82, 2.24) is 9.55 Å². The number of carbonyl (C=O) groups excluding carboxylic acids is 2. The molecule has 0 saturated heterocycles. The molecule has 5 nitrogen and oxygen atoms in total. The summed E-state index contributed by atoms with van der Waals surface area (Å²) in [5.41, 5.74) is 7.55. The molecule has 0 unspecified atom stereocenters. The summed E-state index contributed by atoms with van der Waals surface area (Å²) in [4.78, 5) is 30.5. The van der Waals surface area contributed by atoms with E-state index >= 15 is 0 Å². The van der Waals surface area contributed by atoms with Gasteiger partial charge in [-0.05, 0) is 54.3 Å². The molecule has 6 rings (SSSR count). The first-order valence-electron chi connectivity index (χ1n) is 11.4. The number of fused-ring (bicyclic) bond motifs is 2. The number of allylic oxidation sites excluding steroid dienone is 1. The maximum absolute atomic E-state index is 12.9. The molecule has 0 radical (unpaired) electrons. The summed E-state index contributed by atoms with van der Waals surface area (Å²) < 4.78 is 7.89. The minimum atomic E-state index is -0.263. The zero-order valence-corrected chi connectivity index (χ0v) is 19.6. The third kappa shape index (κ3) is 3.36. The fraction of sp³-hybridized carbons (Fsp3) is 0.100. The molecule has 1 aliphatic carbocycles. The maximum Gasteiger partial charge on any atom is 0.245 e. The molecule has 0 spiro atoms. The van der Waals surface area contributed by atoms with Gasteiger partial charge in [0.25, 0.3) is 0 Å². The third-order valence-electron chi connectivity index (χ3n) is 6.75. The molecule has 2 heterocycles. The first-order chi connectivity index (χ1) is 16.9. The van der Waals surface area contributed by atoms with Crippen LogP contribution in [0.5, 0.6) is 0 Å². The van der Waals surface area contributed by atoms with E-state index in [1.165, 1.54) is 6.08 Å². The summed E-state index contributed by atoms with van der Waals surface area (Å²) in [5.74, 6) is 0.687. The number of hydrogen-bond donors (Lipinski definition) is 0. The molecule has 0 aliphatic heterocycles. The highest BCUT2D eigenvalue weighted by Crippen LogP contribution is 2.32. The molecule has 1 aliphatic rings. The van der Waals surface area contributed by atoms with Gasteiger partial charge in [0.15, 0.2) is 11.6 Å². The molecule has 2 aromatic heterocycles. The van der Waals surface area contributed by atoms with Crippen LogP contribution in [0.25, 0.3) is 39.8 Å². The second kappa shape index (κ2) is 7.77. The van der Waals surface area contributed by atoms with Crippen LogP contribution in [0.1, 0.15) is 37.6 Å². The zero-order chi connectivity index (χ0) is 24.3. The van der Waals surface area contributed by atoms with E-state index in [-0.39, 0.29) is 17.1 Å². The first-order valence-corrected chi connectivity index (χ1v) is 11.4. The average molecular weight is 459 g/mol. The van der Waals surface area contributed by atoms with Crippen molar-refractivity contribution in [3.05, 3.63) is 106 Å². The second-order valence-corrected chi connectivity index (χ2v) is 8.98. The van der Waals surface area contributed by atoms with Crippen molar-refractivity contribution in [2.24, 2.45) is 7.05 Å². The van der Waals surface area contributed by atoms with Crippen LogP contribution >= 0.6 is 0 Å². The Hall–Kier alpha value is -4.51. The monoisotopic (exact) mass is 458 g/mol. The maximum atomic E-state index is 12.9. The molecule has 0 amide bonds. The Morgan fingerprint density at radius 2 is 1.34 bits per heavy atom. The Morgan fingerprint density at radius 3 is 1.94 bits per heavy atom. The third-order valence-corrected chi connectivity index (χ3v) is 6.75. The van der Waals surface area contributed by atoms with E-state index < -0.39 is 0 Å². The Morgan fingerprint density at radius 1 is 0.771 bits per heavy atom. The molecule has 35 heavy (non-hydrogen) atoms. The smallest absolute Gasteiger partial charge is 0.245 e. The lowest BCUT2D eigenvalue weighted by Crippen LogP contribution is -2.00. The van der Waals surface area contributed by atoms with Crippen molar-refractivity contribution >= 4 is 28.9 Å². The quantitative estimate of drug-likeness (QED) is 0.226. The van der Waals surface area contributed by atoms with E-state index in [4.69, 9.17) is 4.42 Å². The largest absolute Gasteiger partial charge is 0.437 e. The Balaban J connectivity index is 1.33. The Labute approximate surface area is 202 Å². The predicted molar refractivity (Wildman–Crippen MR) is 136 cm³/mol. The van der Waals surface area contributed by atoms with Crippen molar-refractivity contribution in [2.45, 2.75) is 13.8 Å². The molecule has 170 valence electrons. The average Bonchev–Trinajstić information content (AvgIpc) is 3.48. The van der Waals surface area contributed by atoms with Crippen LogP contribution in [0.2, 0.25) is 0 Å². The summed E-state index contributed by atoms with van der Waals surface area (Å²) in [6.45, 7) is 3.87. The highest BCUT2D eigenvalue weighted by Gasteiger charge is 2.34. The van der Waals surface area contributed by atoms with Gasteiger partial charge in [0.2, 0.25) is 5.71 Å². The topological polar surface area (TPSA) is 65.1 Å². The minimum Gasteiger partial charge on any atom is -0.437 e. The van der Waals surface area contributed by atoms with E-state index in [9.17, 15) is 9.59 Å². The number of nitrogens with zero attached hydrogens (tertiary/aromatic N) is 2. The summed E-state index contributed by atoms with van der Waals surface area (Å²) in [5, 5.41) is 0. The molecule has 0 saturated carbocycles. The highest BCUT2D eigenvalue weighted by molar-refractivity contribution is 6.41. The molecular weight excluding hydrogens is 436 g/mol. The number of aryl methyl sites for hydroxylation is 3. The standard InChI is InChI=1S/C30H22N2O3/c1-17-13-23-24(14-18(17)2)28(34)25(27(23)33)15-22-16-26-30(35-22)31-29(32(26)3)21-11-9-20(10-12-21)19-7-5-4-6-8-19/h4-16H,1-3H3. The lowest BCUT2D eigenvalue weighted by Gasteiger charge is -2.05. The zero-order valence-electron chi connectivity index (χ0n) is 19.6. The Kier molecular flexibility index (Phi) is 4.68. The molecule has 5 aromatic rings. The molecular formula is C30H22N2O3. The van der Waals surface area contributed by atoms with Gasteiger partial charge in [-0.3, -0.25) is 9.59 Å². The number of imidazole rings is 1. The van der Waals surface area contributed by atoms with Crippen LogP contribution in [-0.2, 0) is 7.05 Å². The number of rotatable bonds is 3. The normalized spacial score (nSPS) is 13.1. The van der Waals surface area contributed by atoms with E-state index in [0.29, 0.717) is 22.6 Å². The van der Waals surface area contributed by atoms with Gasteiger partial charge in [-0.15, -0.1) is 0 Å². The molecule has 5 heteroatoms. The van der Waals surface area contributed by atoms with Crippen LogP contribution in [0, 0.1) is 13.8 Å². The number of furan rings is 1. The van der Waals surface area contributed by atoms with Crippen LogP contribution < -0.4 is 0 Å². The SMILES string of the molecule is Cc1cc2c(cc1C)C(=O)C(=Cc1cc3c(nc(-c4ccc(-c5ccccc5)cc4)n3C)o1)C2=O. The summed E-state index contributed by atoms with van der Waals surface area (Å²) in [7, 11) is 1.93. The lowest BCUT2D eigenvalue weighted by atomic mass is 10.0. The number of carbonyl (C=O) groups is 2. The fourth-order valence-electron chi connectivity index (χ4n) is 4.63. The molecule has 3 aromatic carbocycles. The fourth-order valence-corrected chi connectivity index (χ4v) is 4.63. The number of aromatic nitrogens is 2. The van der Waals surface area contributed by atoms with Gasteiger partial charge in [0.1, 0.15) is 17.1 Å². The number of hydrogen-bond acceptors (Lipinski definition) is 4. The number of Topliss-reactive ketones (excluding diaryl/α,β-unsaturated/α-hetero) is 2. The molecule has 0 bridgehead atoms. The lowest BCUT2D eigenvalue weighted by molar-refractivity contribution is 0.0990. The second-order valence-electron chi connectivity index (χ2n) is 8.98. The van der Waals surface area contributed by atoms with Gasteiger partial charge in [0, 0.05) is 29.8 Å². The molecule has 0 N–H and O–H groups in total. The number of benzene rings is 3. The van der Waals surface area contributed by atoms with Gasteiger partial charge < -0.3 is 8.98 Å². The Bertz CT molecular complexity index is 1640. The highest BCUT2D eigenvalue weighted by atomic mass is 16.3. The van der Waals surface area contributed by atoms with Gasteiger partial charge in [-0.2, -0.15) is 4.98 Å². The van der Waals surface area contributed by atoms with Gasteiger partial charge in [0.05, 0.1) is 5.57 Å². The summed E-state index contributed by atoms with van der Waals surface area (Å²) in [6.07, 6.45) is 1.53. The van der Waals surface area contributed by atoms with Gasteiger partial charge in [-0.25, -0.2) is 0 Å². The van der Waals surface area contributed by atoms with Gasteiger partial charge in [-0.1, -0.05) is 54.6 Å². The van der Waals surface area contributed by atoms with E-state index in [1.807, 2.05) is 61.9 Å². The molecule has 0 atom stereocenters. The van der Waals surface area contributed by atoms with Crippen LogP contribution in [0.15, 0.2) is 82.8 Å². The summed E-state index contributed by atoms with van der Waals surface area (Å²) in [6, 6.07) is 23.9. The minimum absolute atomic E-state index is 0.126. The van der Waals surface area contributed by atoms with Crippen molar-refractivity contribution in [3.63, 3.8) is 0 Å². The van der Waals surface area contributed by atoms with Crippen LogP contribution in [-0.4, -0.2) is 21.1 Å². The van der Waals surface area contributed by atoms with Gasteiger partial charge >= 0.3 is 0 Å². The molecule has 0 fully saturated rings. The van der Waals surface area contributed by atoms with Crippen LogP contribution in [0.3, 0.4) is 0 Å². The van der Waals surface area contributed by atoms with E-state index in [1.54, 1.807) is 12.1 Å². The predicted octanol–water partition coefficient (Wildman–Crippen LogP) is 6.58.